The van der Waals surface area contributed by atoms with Crippen LogP contribution in [0.2, 0.25) is 0 Å². The molecule has 10 heteroatoms. The van der Waals surface area contributed by atoms with Gasteiger partial charge in [0.25, 0.3) is 0 Å². The molecule has 2 aliphatic heterocycles. The first-order chi connectivity index (χ1) is 16.7. The summed E-state index contributed by atoms with van der Waals surface area (Å²) in [7, 11) is 0. The third kappa shape index (κ3) is 6.66. The van der Waals surface area contributed by atoms with Gasteiger partial charge in [0.05, 0.1) is 5.69 Å². The van der Waals surface area contributed by atoms with Crippen LogP contribution in [0.25, 0.3) is 0 Å². The van der Waals surface area contributed by atoms with E-state index >= 15 is 0 Å². The predicted molar refractivity (Wildman–Crippen MR) is 127 cm³/mol. The van der Waals surface area contributed by atoms with Gasteiger partial charge in [-0.1, -0.05) is 25.1 Å². The molecule has 10 nitrogen and oxygen atoms in total. The molecule has 4 rings (SSSR count). The average Bonchev–Trinajstić information content (AvgIpc) is 3.23. The van der Waals surface area contributed by atoms with E-state index in [2.05, 4.69) is 15.0 Å². The van der Waals surface area contributed by atoms with Crippen LogP contribution in [0.4, 0.5) is 4.79 Å². The Hall–Kier alpha value is -3.27. The van der Waals surface area contributed by atoms with Crippen molar-refractivity contribution in [2.75, 3.05) is 39.3 Å². The molecule has 0 saturated carbocycles. The lowest BCUT2D eigenvalue weighted by molar-refractivity contribution is -0.152. The zero-order valence-electron chi connectivity index (χ0n) is 20.7. The van der Waals surface area contributed by atoms with Crippen molar-refractivity contribution in [1.82, 2.24) is 24.8 Å². The van der Waals surface area contributed by atoms with Gasteiger partial charge in [0.2, 0.25) is 17.7 Å². The molecule has 2 saturated heterocycles. The van der Waals surface area contributed by atoms with E-state index in [0.29, 0.717) is 38.9 Å². The average molecular weight is 484 g/mol. The van der Waals surface area contributed by atoms with Crippen molar-refractivity contribution in [2.45, 2.75) is 46.5 Å². The lowest BCUT2D eigenvalue weighted by Gasteiger charge is -2.34. The Morgan fingerprint density at radius 2 is 1.77 bits per heavy atom. The molecule has 0 radical (unpaired) electrons. The van der Waals surface area contributed by atoms with E-state index in [1.54, 1.807) is 17.2 Å². The molecule has 2 aromatic rings. The van der Waals surface area contributed by atoms with Gasteiger partial charge in [0, 0.05) is 76.9 Å². The molecule has 2 fully saturated rings. The van der Waals surface area contributed by atoms with Crippen molar-refractivity contribution < 1.29 is 23.6 Å². The number of carbonyl (C=O) groups is 3. The largest absolute Gasteiger partial charge is 0.416 e. The van der Waals surface area contributed by atoms with Gasteiger partial charge in [0.15, 0.2) is 0 Å². The minimum Gasteiger partial charge on any atom is -0.391 e. The number of amides is 3. The molecule has 0 aromatic carbocycles. The molecular formula is C25H33N5O5. The Bertz CT molecular complexity index is 1040. The first-order valence-corrected chi connectivity index (χ1v) is 12.1. The Balaban J connectivity index is 1.19. The molecular weight excluding hydrogens is 450 g/mol. The van der Waals surface area contributed by atoms with Crippen molar-refractivity contribution in [1.29, 1.82) is 0 Å². The topological polar surface area (TPSA) is 109 Å². The quantitative estimate of drug-likeness (QED) is 0.553. The summed E-state index contributed by atoms with van der Waals surface area (Å²) < 4.78 is 10.7. The zero-order valence-corrected chi connectivity index (χ0v) is 20.7. The van der Waals surface area contributed by atoms with E-state index in [1.807, 2.05) is 32.9 Å². The summed E-state index contributed by atoms with van der Waals surface area (Å²) >= 11 is 0. The number of aryl methyl sites for hydroxylation is 1. The number of piperidine rings is 1. The highest BCUT2D eigenvalue weighted by molar-refractivity contribution is 5.98. The van der Waals surface area contributed by atoms with E-state index in [9.17, 15) is 14.4 Å². The summed E-state index contributed by atoms with van der Waals surface area (Å²) in [6.07, 6.45) is 3.26. The van der Waals surface area contributed by atoms with Crippen LogP contribution in [0, 0.1) is 12.3 Å². The molecule has 2 aromatic heterocycles. The molecule has 0 atom stereocenters. The first kappa shape index (κ1) is 24.8. The highest BCUT2D eigenvalue weighted by Crippen LogP contribution is 2.31. The SMILES string of the molecule is Cc1cc(CCN2CCN(C(=O)Oc3ccc(CCN4C(=O)CC(C)(C)CC4=O)cn3)CC2)on1. The van der Waals surface area contributed by atoms with Gasteiger partial charge in [-0.2, -0.15) is 0 Å². The maximum Gasteiger partial charge on any atom is 0.416 e. The number of likely N-dealkylation sites (tertiary alicyclic amines) is 1. The highest BCUT2D eigenvalue weighted by atomic mass is 16.6. The summed E-state index contributed by atoms with van der Waals surface area (Å²) in [5.41, 5.74) is 1.47. The summed E-state index contributed by atoms with van der Waals surface area (Å²) in [4.78, 5) is 46.7. The second kappa shape index (κ2) is 10.6. The maximum absolute atomic E-state index is 12.5. The number of imide groups is 1. The number of rotatable bonds is 7. The molecule has 0 N–H and O–H groups in total. The fourth-order valence-electron chi connectivity index (χ4n) is 4.43. The molecule has 4 heterocycles. The van der Waals surface area contributed by atoms with Crippen LogP contribution in [0.5, 0.6) is 5.88 Å². The fraction of sp³-hybridized carbons (Fsp3) is 0.560. The third-order valence-corrected chi connectivity index (χ3v) is 6.46. The van der Waals surface area contributed by atoms with Crippen LogP contribution >= 0.6 is 0 Å². The standard InChI is InChI=1S/C25H33N5O5/c1-18-14-20(35-27-18)7-8-28-10-12-29(13-11-28)24(33)34-21-5-4-19(17-26-21)6-9-30-22(31)15-25(2,3)16-23(30)32/h4-5,14,17H,6-13,15-16H2,1-3H3. The maximum atomic E-state index is 12.5. The number of hydrogen-bond donors (Lipinski definition) is 0. The van der Waals surface area contributed by atoms with Crippen LogP contribution < -0.4 is 4.74 Å². The summed E-state index contributed by atoms with van der Waals surface area (Å²) in [5.74, 6) is 0.849. The van der Waals surface area contributed by atoms with Gasteiger partial charge < -0.3 is 14.2 Å². The normalized spacial score (nSPS) is 18.7. The highest BCUT2D eigenvalue weighted by Gasteiger charge is 2.37. The number of nitrogens with zero attached hydrogens (tertiary/aromatic N) is 5. The molecule has 3 amide bonds. The zero-order chi connectivity index (χ0) is 25.0. The van der Waals surface area contributed by atoms with Crippen LogP contribution in [-0.2, 0) is 22.4 Å². The molecule has 2 aliphatic rings. The van der Waals surface area contributed by atoms with Gasteiger partial charge in [-0.3, -0.25) is 19.4 Å². The predicted octanol–water partition coefficient (Wildman–Crippen LogP) is 2.45. The van der Waals surface area contributed by atoms with Gasteiger partial charge in [-0.25, -0.2) is 9.78 Å². The second-order valence-electron chi connectivity index (χ2n) is 10.1. The summed E-state index contributed by atoms with van der Waals surface area (Å²) in [5, 5.41) is 3.91. The Morgan fingerprint density at radius 1 is 1.06 bits per heavy atom. The van der Waals surface area contributed by atoms with Crippen molar-refractivity contribution in [3.8, 4) is 5.88 Å². The fourth-order valence-corrected chi connectivity index (χ4v) is 4.43. The Morgan fingerprint density at radius 3 is 2.37 bits per heavy atom. The number of ether oxygens (including phenoxy) is 1. The summed E-state index contributed by atoms with van der Waals surface area (Å²) in [6.45, 7) is 9.65. The lowest BCUT2D eigenvalue weighted by Crippen LogP contribution is -2.49. The molecule has 0 aliphatic carbocycles. The second-order valence-corrected chi connectivity index (χ2v) is 10.1. The van der Waals surface area contributed by atoms with E-state index < -0.39 is 6.09 Å². The molecule has 188 valence electrons. The third-order valence-electron chi connectivity index (χ3n) is 6.46. The van der Waals surface area contributed by atoms with Gasteiger partial charge in [0.1, 0.15) is 5.76 Å². The van der Waals surface area contributed by atoms with Crippen molar-refractivity contribution in [3.05, 3.63) is 41.4 Å². The Labute approximate surface area is 205 Å². The van der Waals surface area contributed by atoms with Gasteiger partial charge in [-0.15, -0.1) is 0 Å². The molecule has 35 heavy (non-hydrogen) atoms. The van der Waals surface area contributed by atoms with Gasteiger partial charge >= 0.3 is 6.09 Å². The number of aromatic nitrogens is 2. The van der Waals surface area contributed by atoms with Crippen LogP contribution in [-0.4, -0.2) is 82.0 Å². The minimum atomic E-state index is -0.414. The van der Waals surface area contributed by atoms with Crippen molar-refractivity contribution >= 4 is 17.9 Å². The van der Waals surface area contributed by atoms with Gasteiger partial charge in [-0.05, 0) is 24.3 Å². The Kier molecular flexibility index (Phi) is 7.49. The lowest BCUT2D eigenvalue weighted by atomic mass is 9.81. The monoisotopic (exact) mass is 483 g/mol. The number of piperazine rings is 1. The number of carbonyl (C=O) groups excluding carboxylic acids is 3. The number of hydrogen-bond acceptors (Lipinski definition) is 8. The minimum absolute atomic E-state index is 0.127. The van der Waals surface area contributed by atoms with Crippen molar-refractivity contribution in [2.24, 2.45) is 5.41 Å². The van der Waals surface area contributed by atoms with E-state index in [-0.39, 0.29) is 23.1 Å². The number of pyridine rings is 1. The van der Waals surface area contributed by atoms with Crippen LogP contribution in [0.15, 0.2) is 28.9 Å². The smallest absolute Gasteiger partial charge is 0.391 e. The molecule has 0 bridgehead atoms. The molecule has 0 spiro atoms. The van der Waals surface area contributed by atoms with Crippen LogP contribution in [0.3, 0.4) is 0 Å². The van der Waals surface area contributed by atoms with E-state index in [1.165, 1.54) is 4.90 Å². The summed E-state index contributed by atoms with van der Waals surface area (Å²) in [6, 6.07) is 5.40. The van der Waals surface area contributed by atoms with Crippen molar-refractivity contribution in [3.63, 3.8) is 0 Å². The first-order valence-electron chi connectivity index (χ1n) is 12.1. The molecule has 0 unspecified atom stereocenters. The van der Waals surface area contributed by atoms with Crippen LogP contribution in [0.1, 0.15) is 43.7 Å². The van der Waals surface area contributed by atoms with E-state index in [0.717, 1.165) is 43.1 Å². The van der Waals surface area contributed by atoms with E-state index in [4.69, 9.17) is 9.26 Å².